The Labute approximate surface area is 116 Å². The molecule has 1 aromatic carbocycles. The molecular weight excluding hydrogens is 252 g/mol. The molecule has 0 bridgehead atoms. The summed E-state index contributed by atoms with van der Waals surface area (Å²) in [4.78, 5) is 16.3. The van der Waals surface area contributed by atoms with Crippen molar-refractivity contribution >= 4 is 16.8 Å². The molecular formula is C15H14N4O. The van der Waals surface area contributed by atoms with E-state index in [-0.39, 0.29) is 5.91 Å². The first-order chi connectivity index (χ1) is 9.83. The van der Waals surface area contributed by atoms with Gasteiger partial charge in [-0.2, -0.15) is 5.10 Å². The lowest BCUT2D eigenvalue weighted by atomic mass is 10.1. The third-order valence-electron chi connectivity index (χ3n) is 3.10. The molecule has 0 saturated carbocycles. The van der Waals surface area contributed by atoms with Crippen molar-refractivity contribution in [2.45, 2.75) is 6.42 Å². The van der Waals surface area contributed by atoms with Crippen molar-refractivity contribution in [3.63, 3.8) is 0 Å². The number of H-pyrrole nitrogens is 1. The molecule has 3 aromatic rings. The number of nitrogens with one attached hydrogen (secondary N) is 2. The third kappa shape index (κ3) is 2.66. The van der Waals surface area contributed by atoms with Crippen LogP contribution in [-0.4, -0.2) is 27.6 Å². The van der Waals surface area contributed by atoms with Crippen LogP contribution in [0.1, 0.15) is 16.1 Å². The Morgan fingerprint density at radius 3 is 3.05 bits per heavy atom. The molecule has 0 aliphatic carbocycles. The van der Waals surface area contributed by atoms with E-state index in [0.717, 1.165) is 23.0 Å². The van der Waals surface area contributed by atoms with Gasteiger partial charge in [-0.25, -0.2) is 0 Å². The number of fused-ring (bicyclic) bond motifs is 1. The van der Waals surface area contributed by atoms with E-state index in [1.165, 1.54) is 0 Å². The van der Waals surface area contributed by atoms with E-state index in [1.807, 2.05) is 24.3 Å². The zero-order valence-electron chi connectivity index (χ0n) is 10.8. The van der Waals surface area contributed by atoms with Gasteiger partial charge in [0.15, 0.2) is 0 Å². The normalized spacial score (nSPS) is 10.6. The van der Waals surface area contributed by atoms with Gasteiger partial charge in [0.05, 0.1) is 11.7 Å². The average molecular weight is 266 g/mol. The van der Waals surface area contributed by atoms with E-state index >= 15 is 0 Å². The standard InChI is InChI=1S/C15H14N4O/c20-15(17-8-6-13-3-1-2-7-16-13)11-4-5-12-10-18-19-14(12)9-11/h1-5,7,9-10H,6,8H2,(H,17,20)(H,18,19). The van der Waals surface area contributed by atoms with Gasteiger partial charge in [-0.15, -0.1) is 0 Å². The molecule has 0 aliphatic rings. The molecule has 0 unspecified atom stereocenters. The number of aromatic nitrogens is 3. The number of nitrogens with zero attached hydrogens (tertiary/aromatic N) is 2. The molecule has 20 heavy (non-hydrogen) atoms. The van der Waals surface area contributed by atoms with E-state index in [0.29, 0.717) is 12.1 Å². The van der Waals surface area contributed by atoms with Crippen LogP contribution in [0.25, 0.3) is 10.9 Å². The summed E-state index contributed by atoms with van der Waals surface area (Å²) >= 11 is 0. The number of pyridine rings is 1. The van der Waals surface area contributed by atoms with Gasteiger partial charge in [0, 0.05) is 35.8 Å². The van der Waals surface area contributed by atoms with E-state index < -0.39 is 0 Å². The fraction of sp³-hybridized carbons (Fsp3) is 0.133. The summed E-state index contributed by atoms with van der Waals surface area (Å²) in [7, 11) is 0. The molecule has 0 saturated heterocycles. The van der Waals surface area contributed by atoms with Crippen molar-refractivity contribution < 1.29 is 4.79 Å². The number of carbonyl (C=O) groups excluding carboxylic acids is 1. The molecule has 5 heteroatoms. The molecule has 100 valence electrons. The molecule has 0 atom stereocenters. The number of hydrogen-bond donors (Lipinski definition) is 2. The highest BCUT2D eigenvalue weighted by Gasteiger charge is 2.06. The second-order valence-electron chi connectivity index (χ2n) is 4.50. The van der Waals surface area contributed by atoms with Crippen LogP contribution < -0.4 is 5.32 Å². The second kappa shape index (κ2) is 5.52. The maximum atomic E-state index is 12.0. The monoisotopic (exact) mass is 266 g/mol. The van der Waals surface area contributed by atoms with Crippen LogP contribution in [-0.2, 0) is 6.42 Å². The van der Waals surface area contributed by atoms with E-state index in [9.17, 15) is 4.79 Å². The van der Waals surface area contributed by atoms with Crippen LogP contribution in [0.15, 0.2) is 48.8 Å². The molecule has 1 amide bonds. The lowest BCUT2D eigenvalue weighted by Crippen LogP contribution is -2.25. The summed E-state index contributed by atoms with van der Waals surface area (Å²) in [6.07, 6.45) is 4.21. The Morgan fingerprint density at radius 1 is 1.25 bits per heavy atom. The Hall–Kier alpha value is -2.69. The molecule has 3 rings (SSSR count). The predicted molar refractivity (Wildman–Crippen MR) is 76.4 cm³/mol. The van der Waals surface area contributed by atoms with E-state index in [1.54, 1.807) is 24.5 Å². The largest absolute Gasteiger partial charge is 0.352 e. The van der Waals surface area contributed by atoms with Crippen LogP contribution in [0, 0.1) is 0 Å². The molecule has 2 aromatic heterocycles. The lowest BCUT2D eigenvalue weighted by molar-refractivity contribution is 0.0954. The molecule has 0 fully saturated rings. The van der Waals surface area contributed by atoms with Crippen molar-refractivity contribution in [2.24, 2.45) is 0 Å². The van der Waals surface area contributed by atoms with Gasteiger partial charge >= 0.3 is 0 Å². The van der Waals surface area contributed by atoms with E-state index in [4.69, 9.17) is 0 Å². The lowest BCUT2D eigenvalue weighted by Gasteiger charge is -2.05. The van der Waals surface area contributed by atoms with Gasteiger partial charge in [-0.1, -0.05) is 12.1 Å². The highest BCUT2D eigenvalue weighted by Crippen LogP contribution is 2.12. The van der Waals surface area contributed by atoms with Crippen LogP contribution >= 0.6 is 0 Å². The maximum Gasteiger partial charge on any atom is 0.251 e. The fourth-order valence-corrected chi connectivity index (χ4v) is 2.03. The Balaban J connectivity index is 1.61. The van der Waals surface area contributed by atoms with Crippen molar-refractivity contribution in [3.8, 4) is 0 Å². The van der Waals surface area contributed by atoms with Gasteiger partial charge in [0.2, 0.25) is 0 Å². The molecule has 0 spiro atoms. The smallest absolute Gasteiger partial charge is 0.251 e. The van der Waals surface area contributed by atoms with Crippen LogP contribution in [0.5, 0.6) is 0 Å². The fourth-order valence-electron chi connectivity index (χ4n) is 2.03. The maximum absolute atomic E-state index is 12.0. The first-order valence-electron chi connectivity index (χ1n) is 6.44. The van der Waals surface area contributed by atoms with Crippen LogP contribution in [0.3, 0.4) is 0 Å². The average Bonchev–Trinajstić information content (AvgIpc) is 2.95. The zero-order chi connectivity index (χ0) is 13.8. The van der Waals surface area contributed by atoms with Crippen LogP contribution in [0.2, 0.25) is 0 Å². The minimum atomic E-state index is -0.0857. The number of rotatable bonds is 4. The predicted octanol–water partition coefficient (Wildman–Crippen LogP) is 1.93. The molecule has 0 radical (unpaired) electrons. The van der Waals surface area contributed by atoms with Crippen molar-refractivity contribution in [3.05, 3.63) is 60.0 Å². The second-order valence-corrected chi connectivity index (χ2v) is 4.50. The first-order valence-corrected chi connectivity index (χ1v) is 6.44. The first kappa shape index (κ1) is 12.3. The van der Waals surface area contributed by atoms with E-state index in [2.05, 4.69) is 20.5 Å². The summed E-state index contributed by atoms with van der Waals surface area (Å²) in [6, 6.07) is 11.2. The van der Waals surface area contributed by atoms with Crippen molar-refractivity contribution in [1.29, 1.82) is 0 Å². The quantitative estimate of drug-likeness (QED) is 0.758. The van der Waals surface area contributed by atoms with Crippen LogP contribution in [0.4, 0.5) is 0 Å². The highest BCUT2D eigenvalue weighted by atomic mass is 16.1. The zero-order valence-corrected chi connectivity index (χ0v) is 10.8. The number of aromatic amines is 1. The Morgan fingerprint density at radius 2 is 2.20 bits per heavy atom. The topological polar surface area (TPSA) is 70.7 Å². The number of benzene rings is 1. The Bertz CT molecular complexity index is 721. The van der Waals surface area contributed by atoms with Gasteiger partial charge < -0.3 is 5.32 Å². The molecule has 2 heterocycles. The van der Waals surface area contributed by atoms with Gasteiger partial charge in [-0.3, -0.25) is 14.9 Å². The number of amides is 1. The molecule has 5 nitrogen and oxygen atoms in total. The SMILES string of the molecule is O=C(NCCc1ccccn1)c1ccc2cn[nH]c2c1. The van der Waals surface area contributed by atoms with Gasteiger partial charge in [0.1, 0.15) is 0 Å². The minimum Gasteiger partial charge on any atom is -0.352 e. The van der Waals surface area contributed by atoms with Gasteiger partial charge in [-0.05, 0) is 24.3 Å². The molecule has 0 aliphatic heterocycles. The van der Waals surface area contributed by atoms with Gasteiger partial charge in [0.25, 0.3) is 5.91 Å². The number of hydrogen-bond acceptors (Lipinski definition) is 3. The summed E-state index contributed by atoms with van der Waals surface area (Å²) < 4.78 is 0. The third-order valence-corrected chi connectivity index (χ3v) is 3.10. The summed E-state index contributed by atoms with van der Waals surface area (Å²) in [6.45, 7) is 0.566. The van der Waals surface area contributed by atoms with Crippen molar-refractivity contribution in [2.75, 3.05) is 6.54 Å². The summed E-state index contributed by atoms with van der Waals surface area (Å²) in [5, 5.41) is 10.7. The minimum absolute atomic E-state index is 0.0857. The summed E-state index contributed by atoms with van der Waals surface area (Å²) in [5.74, 6) is -0.0857. The highest BCUT2D eigenvalue weighted by molar-refractivity contribution is 5.97. The number of carbonyl (C=O) groups is 1. The Kier molecular flexibility index (Phi) is 3.41. The van der Waals surface area contributed by atoms with Crippen molar-refractivity contribution in [1.82, 2.24) is 20.5 Å². The molecule has 2 N–H and O–H groups in total. The summed E-state index contributed by atoms with van der Waals surface area (Å²) in [5.41, 5.74) is 2.46.